The van der Waals surface area contributed by atoms with Crippen molar-refractivity contribution < 1.29 is 0 Å². The van der Waals surface area contributed by atoms with Gasteiger partial charge in [0.1, 0.15) is 9.21 Å². The Bertz CT molecular complexity index is 435. The van der Waals surface area contributed by atoms with Crippen LogP contribution in [0.3, 0.4) is 0 Å². The van der Waals surface area contributed by atoms with E-state index in [1.165, 1.54) is 0 Å². The Kier molecular flexibility index (Phi) is 1.92. The highest BCUT2D eigenvalue weighted by Gasteiger charge is 2.04. The normalized spacial score (nSPS) is 10.9. The van der Waals surface area contributed by atoms with E-state index < -0.39 is 0 Å². The van der Waals surface area contributed by atoms with Crippen LogP contribution < -0.4 is 0 Å². The van der Waals surface area contributed by atoms with Gasteiger partial charge in [0.15, 0.2) is 5.65 Å². The molecule has 0 aliphatic rings. The van der Waals surface area contributed by atoms with Gasteiger partial charge in [-0.15, -0.1) is 0 Å². The van der Waals surface area contributed by atoms with Gasteiger partial charge in [0, 0.05) is 6.20 Å². The second kappa shape index (κ2) is 2.81. The van der Waals surface area contributed by atoms with Crippen molar-refractivity contribution in [1.29, 1.82) is 0 Å². The lowest BCUT2D eigenvalue weighted by Gasteiger charge is -1.97. The van der Waals surface area contributed by atoms with Gasteiger partial charge < -0.3 is 0 Å². The van der Waals surface area contributed by atoms with Gasteiger partial charge in [-0.05, 0) is 38.8 Å². The summed E-state index contributed by atoms with van der Waals surface area (Å²) in [7, 11) is 0. The summed E-state index contributed by atoms with van der Waals surface area (Å²) >= 11 is 6.73. The zero-order chi connectivity index (χ0) is 8.72. The molecule has 0 aromatic carbocycles. The molecule has 0 atom stereocenters. The molecule has 0 spiro atoms. The molecule has 12 heavy (non-hydrogen) atoms. The third-order valence-corrected chi connectivity index (χ3v) is 3.40. The molecule has 5 heteroatoms. The second-order valence-electron chi connectivity index (χ2n) is 2.45. The van der Waals surface area contributed by atoms with E-state index in [4.69, 9.17) is 0 Å². The van der Waals surface area contributed by atoms with Crippen LogP contribution in [0.4, 0.5) is 0 Å². The second-order valence-corrected chi connectivity index (χ2v) is 3.95. The summed E-state index contributed by atoms with van der Waals surface area (Å²) in [5.41, 5.74) is 1.83. The maximum Gasteiger partial charge on any atom is 0.156 e. The van der Waals surface area contributed by atoms with Crippen molar-refractivity contribution in [2.45, 2.75) is 6.92 Å². The number of aromatic nitrogens is 3. The van der Waals surface area contributed by atoms with Gasteiger partial charge in [-0.1, -0.05) is 0 Å². The first-order valence-corrected chi connectivity index (χ1v) is 4.93. The molecule has 62 valence electrons. The fraction of sp³-hybridized carbons (Fsp3) is 0.143. The Labute approximate surface area is 86.1 Å². The average Bonchev–Trinajstić information content (AvgIpc) is 2.39. The minimum absolute atomic E-state index is 0.785. The summed E-state index contributed by atoms with van der Waals surface area (Å²) < 4.78 is 3.61. The molecular formula is C7H5Br2N3. The Balaban J connectivity index is 2.89. The molecule has 2 heterocycles. The Morgan fingerprint density at radius 1 is 1.42 bits per heavy atom. The molecule has 0 saturated carbocycles. The lowest BCUT2D eigenvalue weighted by molar-refractivity contribution is 1.06. The number of fused-ring (bicyclic) bond motifs is 1. The maximum atomic E-state index is 4.26. The SMILES string of the molecule is Cc1cn2c(Br)c(Br)ncc2n1. The van der Waals surface area contributed by atoms with E-state index in [2.05, 4.69) is 41.8 Å². The summed E-state index contributed by atoms with van der Waals surface area (Å²) in [4.78, 5) is 8.37. The zero-order valence-corrected chi connectivity index (χ0v) is 9.42. The first-order valence-electron chi connectivity index (χ1n) is 3.34. The van der Waals surface area contributed by atoms with Crippen LogP contribution in [0.5, 0.6) is 0 Å². The molecule has 0 N–H and O–H groups in total. The molecule has 2 aromatic heterocycles. The van der Waals surface area contributed by atoms with Gasteiger partial charge in [0.25, 0.3) is 0 Å². The predicted molar refractivity (Wildman–Crippen MR) is 53.1 cm³/mol. The number of hydrogen-bond donors (Lipinski definition) is 0. The van der Waals surface area contributed by atoms with E-state index in [0.717, 1.165) is 20.5 Å². The topological polar surface area (TPSA) is 30.2 Å². The summed E-state index contributed by atoms with van der Waals surface area (Å²) in [6.45, 7) is 1.95. The monoisotopic (exact) mass is 289 g/mol. The Morgan fingerprint density at radius 3 is 2.92 bits per heavy atom. The molecule has 3 nitrogen and oxygen atoms in total. The Hall–Kier alpha value is -0.420. The van der Waals surface area contributed by atoms with Crippen LogP contribution in [-0.2, 0) is 0 Å². The molecule has 0 bridgehead atoms. The first-order chi connectivity index (χ1) is 5.68. The number of aryl methyl sites for hydroxylation is 1. The van der Waals surface area contributed by atoms with Crippen molar-refractivity contribution in [1.82, 2.24) is 14.4 Å². The van der Waals surface area contributed by atoms with Gasteiger partial charge in [-0.25, -0.2) is 9.97 Å². The third kappa shape index (κ3) is 1.17. The van der Waals surface area contributed by atoms with Crippen molar-refractivity contribution in [3.05, 3.63) is 27.3 Å². The minimum Gasteiger partial charge on any atom is -0.290 e. The molecule has 0 aliphatic carbocycles. The molecule has 2 rings (SSSR count). The standard InChI is InChI=1S/C7H5Br2N3/c1-4-3-12-5(11-4)2-10-6(8)7(12)9/h2-3H,1H3. The van der Waals surface area contributed by atoms with Gasteiger partial charge in [0.05, 0.1) is 11.9 Å². The van der Waals surface area contributed by atoms with Gasteiger partial charge in [-0.3, -0.25) is 4.40 Å². The molecular weight excluding hydrogens is 286 g/mol. The molecule has 0 unspecified atom stereocenters. The van der Waals surface area contributed by atoms with Crippen LogP contribution in [0.1, 0.15) is 5.69 Å². The lowest BCUT2D eigenvalue weighted by atomic mass is 10.6. The highest BCUT2D eigenvalue weighted by atomic mass is 79.9. The van der Waals surface area contributed by atoms with Crippen LogP contribution in [0, 0.1) is 6.92 Å². The minimum atomic E-state index is 0.785. The van der Waals surface area contributed by atoms with Crippen LogP contribution in [0.15, 0.2) is 21.6 Å². The third-order valence-electron chi connectivity index (χ3n) is 1.53. The van der Waals surface area contributed by atoms with E-state index in [0.29, 0.717) is 0 Å². The van der Waals surface area contributed by atoms with Crippen LogP contribution in [0.2, 0.25) is 0 Å². The Morgan fingerprint density at radius 2 is 2.17 bits per heavy atom. The molecule has 0 amide bonds. The van der Waals surface area contributed by atoms with Crippen molar-refractivity contribution in [2.75, 3.05) is 0 Å². The first kappa shape index (κ1) is 8.19. The van der Waals surface area contributed by atoms with E-state index >= 15 is 0 Å². The number of hydrogen-bond acceptors (Lipinski definition) is 2. The lowest BCUT2D eigenvalue weighted by Crippen LogP contribution is -1.89. The smallest absolute Gasteiger partial charge is 0.156 e. The highest BCUT2D eigenvalue weighted by molar-refractivity contribution is 9.13. The average molecular weight is 291 g/mol. The van der Waals surface area contributed by atoms with E-state index in [1.54, 1.807) is 6.20 Å². The molecule has 0 aliphatic heterocycles. The van der Waals surface area contributed by atoms with Crippen molar-refractivity contribution in [2.24, 2.45) is 0 Å². The van der Waals surface area contributed by atoms with E-state index in [1.807, 2.05) is 17.5 Å². The fourth-order valence-electron chi connectivity index (χ4n) is 1.03. The molecule has 0 radical (unpaired) electrons. The predicted octanol–water partition coefficient (Wildman–Crippen LogP) is 2.56. The quantitative estimate of drug-likeness (QED) is 0.746. The fourth-order valence-corrected chi connectivity index (χ4v) is 1.71. The summed E-state index contributed by atoms with van der Waals surface area (Å²) in [6.07, 6.45) is 3.67. The number of halogens is 2. The van der Waals surface area contributed by atoms with Gasteiger partial charge in [0.2, 0.25) is 0 Å². The van der Waals surface area contributed by atoms with Crippen molar-refractivity contribution in [3.63, 3.8) is 0 Å². The molecule has 0 fully saturated rings. The molecule has 2 aromatic rings. The van der Waals surface area contributed by atoms with Crippen LogP contribution in [-0.4, -0.2) is 14.4 Å². The summed E-state index contributed by atoms with van der Waals surface area (Å²) in [6, 6.07) is 0. The van der Waals surface area contributed by atoms with E-state index in [-0.39, 0.29) is 0 Å². The maximum absolute atomic E-state index is 4.26. The number of imidazole rings is 1. The van der Waals surface area contributed by atoms with Gasteiger partial charge in [-0.2, -0.15) is 0 Å². The van der Waals surface area contributed by atoms with Crippen LogP contribution >= 0.6 is 31.9 Å². The number of rotatable bonds is 0. The molecule has 0 saturated heterocycles. The zero-order valence-electron chi connectivity index (χ0n) is 6.25. The highest BCUT2D eigenvalue weighted by Crippen LogP contribution is 2.21. The summed E-state index contributed by atoms with van der Waals surface area (Å²) in [5, 5.41) is 0. The van der Waals surface area contributed by atoms with Gasteiger partial charge >= 0.3 is 0 Å². The van der Waals surface area contributed by atoms with Crippen molar-refractivity contribution >= 4 is 37.5 Å². The van der Waals surface area contributed by atoms with E-state index in [9.17, 15) is 0 Å². The van der Waals surface area contributed by atoms with Crippen molar-refractivity contribution in [3.8, 4) is 0 Å². The summed E-state index contributed by atoms with van der Waals surface area (Å²) in [5.74, 6) is 0. The largest absolute Gasteiger partial charge is 0.290 e. The van der Waals surface area contributed by atoms with Crippen LogP contribution in [0.25, 0.3) is 5.65 Å². The number of nitrogens with zero attached hydrogens (tertiary/aromatic N) is 3.